The highest BCUT2D eigenvalue weighted by Gasteiger charge is 2.25. The van der Waals surface area contributed by atoms with Crippen LogP contribution >= 0.6 is 7.82 Å². The Bertz CT molecular complexity index is 792. The largest absolute Gasteiger partial charge is 0.498 e. The number of nitrogens with two attached hydrogens (primary N) is 1. The number of carbonyl (C=O) groups excluding carboxylic acids is 1. The summed E-state index contributed by atoms with van der Waals surface area (Å²) >= 11 is 0. The van der Waals surface area contributed by atoms with Crippen molar-refractivity contribution in [1.29, 1.82) is 0 Å². The Hall–Kier alpha value is -1.18. The van der Waals surface area contributed by atoms with Gasteiger partial charge in [-0.15, -0.1) is 0 Å². The molecule has 284 valence electrons. The van der Waals surface area contributed by atoms with Gasteiger partial charge < -0.3 is 20.1 Å². The number of phosphoric acid groups is 1. The van der Waals surface area contributed by atoms with E-state index >= 15 is 0 Å². The third-order valence-corrected chi connectivity index (χ3v) is 9.42. The third kappa shape index (κ3) is 36.1. The summed E-state index contributed by atoms with van der Waals surface area (Å²) in [6.45, 7) is 4.23. The number of hydrogen-bond acceptors (Lipinski definition) is 7. The van der Waals surface area contributed by atoms with Crippen LogP contribution in [0.5, 0.6) is 0 Å². The van der Waals surface area contributed by atoms with E-state index in [9.17, 15) is 14.3 Å². The molecule has 0 bridgehead atoms. The van der Waals surface area contributed by atoms with Gasteiger partial charge in [0, 0.05) is 13.0 Å². The molecule has 0 aliphatic carbocycles. The van der Waals surface area contributed by atoms with Gasteiger partial charge in [0.1, 0.15) is 6.61 Å². The number of carbonyl (C=O) groups is 1. The highest BCUT2D eigenvalue weighted by atomic mass is 31.2. The molecule has 0 saturated heterocycles. The summed E-state index contributed by atoms with van der Waals surface area (Å²) in [6.07, 6.45) is 39.9. The fraction of sp³-hybridized carbons (Fsp3) is 0.872. The fourth-order valence-corrected chi connectivity index (χ4v) is 6.25. The lowest BCUT2D eigenvalue weighted by atomic mass is 10.0. The molecule has 0 aromatic rings. The van der Waals surface area contributed by atoms with Gasteiger partial charge in [0.05, 0.1) is 19.5 Å². The van der Waals surface area contributed by atoms with Crippen molar-refractivity contribution in [3.8, 4) is 0 Å². The van der Waals surface area contributed by atoms with E-state index in [0.29, 0.717) is 6.42 Å². The second kappa shape index (κ2) is 37.1. The quantitative estimate of drug-likeness (QED) is 0.0215. The molecule has 48 heavy (non-hydrogen) atoms. The van der Waals surface area contributed by atoms with Crippen LogP contribution in [-0.4, -0.2) is 43.3 Å². The molecule has 0 aromatic carbocycles. The summed E-state index contributed by atoms with van der Waals surface area (Å²) in [7, 11) is -4.28. The number of hydrogen-bond donors (Lipinski definition) is 2. The van der Waals surface area contributed by atoms with Crippen molar-refractivity contribution >= 4 is 13.8 Å². The first kappa shape index (κ1) is 46.8. The lowest BCUT2D eigenvalue weighted by Crippen LogP contribution is -2.27. The lowest BCUT2D eigenvalue weighted by Gasteiger charge is -2.19. The maximum Gasteiger partial charge on any atom is 0.472 e. The van der Waals surface area contributed by atoms with Gasteiger partial charge in [-0.05, 0) is 51.0 Å². The SMILES string of the molecule is CCCCCCC=CCCCCCCCCC=COCC(COP(=O)(O)OCCN)OC(=O)CCCCCCCCCCCCCCC. The summed E-state index contributed by atoms with van der Waals surface area (Å²) in [5.41, 5.74) is 5.35. The van der Waals surface area contributed by atoms with Crippen LogP contribution in [0.15, 0.2) is 24.5 Å². The molecule has 0 aromatic heterocycles. The van der Waals surface area contributed by atoms with Gasteiger partial charge in [0.15, 0.2) is 6.10 Å². The smallest absolute Gasteiger partial charge is 0.472 e. The molecular formula is C39H76NO7P. The molecule has 2 unspecified atom stereocenters. The van der Waals surface area contributed by atoms with Crippen LogP contribution in [0.2, 0.25) is 0 Å². The zero-order valence-electron chi connectivity index (χ0n) is 31.2. The van der Waals surface area contributed by atoms with Crippen molar-refractivity contribution < 1.29 is 32.8 Å². The van der Waals surface area contributed by atoms with Crippen LogP contribution in [0.4, 0.5) is 0 Å². The third-order valence-electron chi connectivity index (χ3n) is 8.44. The van der Waals surface area contributed by atoms with Crippen LogP contribution < -0.4 is 5.73 Å². The van der Waals surface area contributed by atoms with E-state index in [4.69, 9.17) is 24.3 Å². The maximum atomic E-state index is 12.5. The first-order chi connectivity index (χ1) is 23.4. The zero-order chi connectivity index (χ0) is 35.2. The van der Waals surface area contributed by atoms with Gasteiger partial charge >= 0.3 is 13.8 Å². The van der Waals surface area contributed by atoms with Crippen LogP contribution in [0, 0.1) is 0 Å². The predicted molar refractivity (Wildman–Crippen MR) is 201 cm³/mol. The van der Waals surface area contributed by atoms with E-state index in [0.717, 1.165) is 32.1 Å². The van der Waals surface area contributed by atoms with Gasteiger partial charge in [0.25, 0.3) is 0 Å². The minimum Gasteiger partial charge on any atom is -0.498 e. The Morgan fingerprint density at radius 3 is 1.56 bits per heavy atom. The van der Waals surface area contributed by atoms with Crippen molar-refractivity contribution in [3.05, 3.63) is 24.5 Å². The Balaban J connectivity index is 4.12. The molecule has 0 radical (unpaired) electrons. The van der Waals surface area contributed by atoms with Gasteiger partial charge in [-0.25, -0.2) is 4.57 Å². The molecule has 0 aliphatic rings. The fourth-order valence-electron chi connectivity index (χ4n) is 5.49. The second-order valence-corrected chi connectivity index (χ2v) is 14.7. The van der Waals surface area contributed by atoms with Crippen molar-refractivity contribution in [1.82, 2.24) is 0 Å². The number of rotatable bonds is 38. The Labute approximate surface area is 296 Å². The van der Waals surface area contributed by atoms with E-state index < -0.39 is 13.9 Å². The van der Waals surface area contributed by atoms with Crippen LogP contribution in [0.3, 0.4) is 0 Å². The molecule has 0 fully saturated rings. The van der Waals surface area contributed by atoms with Crippen LogP contribution in [0.25, 0.3) is 0 Å². The highest BCUT2D eigenvalue weighted by molar-refractivity contribution is 7.47. The summed E-state index contributed by atoms with van der Waals surface area (Å²) in [6, 6.07) is 0. The molecule has 0 saturated carbocycles. The summed E-state index contributed by atoms with van der Waals surface area (Å²) in [4.78, 5) is 22.4. The van der Waals surface area contributed by atoms with E-state index in [2.05, 4.69) is 26.0 Å². The highest BCUT2D eigenvalue weighted by Crippen LogP contribution is 2.43. The van der Waals surface area contributed by atoms with Gasteiger partial charge in [-0.3, -0.25) is 13.8 Å². The average Bonchev–Trinajstić information content (AvgIpc) is 3.07. The number of ether oxygens (including phenoxy) is 2. The Kier molecular flexibility index (Phi) is 36.2. The zero-order valence-corrected chi connectivity index (χ0v) is 32.1. The Morgan fingerprint density at radius 2 is 1.06 bits per heavy atom. The maximum absolute atomic E-state index is 12.5. The minimum atomic E-state index is -4.28. The molecule has 9 heteroatoms. The molecule has 2 atom stereocenters. The molecule has 0 heterocycles. The minimum absolute atomic E-state index is 0.0327. The number of unbranched alkanes of at least 4 members (excludes halogenated alkanes) is 23. The van der Waals surface area contributed by atoms with Crippen molar-refractivity contribution in [2.45, 2.75) is 193 Å². The molecule has 0 rings (SSSR count). The topological polar surface area (TPSA) is 117 Å². The molecule has 8 nitrogen and oxygen atoms in total. The van der Waals surface area contributed by atoms with Crippen molar-refractivity contribution in [2.75, 3.05) is 26.4 Å². The van der Waals surface area contributed by atoms with Crippen molar-refractivity contribution in [2.24, 2.45) is 5.73 Å². The molecule has 0 spiro atoms. The van der Waals surface area contributed by atoms with Gasteiger partial charge in [-0.1, -0.05) is 148 Å². The average molecular weight is 702 g/mol. The van der Waals surface area contributed by atoms with Crippen molar-refractivity contribution in [3.63, 3.8) is 0 Å². The summed E-state index contributed by atoms with van der Waals surface area (Å²) in [5.74, 6) is -0.353. The van der Waals surface area contributed by atoms with Gasteiger partial charge in [0.2, 0.25) is 0 Å². The number of phosphoric ester groups is 1. The second-order valence-electron chi connectivity index (χ2n) is 13.2. The van der Waals surface area contributed by atoms with Crippen LogP contribution in [0.1, 0.15) is 187 Å². The Morgan fingerprint density at radius 1 is 0.625 bits per heavy atom. The predicted octanol–water partition coefficient (Wildman–Crippen LogP) is 11.6. The first-order valence-electron chi connectivity index (χ1n) is 19.9. The van der Waals surface area contributed by atoms with Gasteiger partial charge in [-0.2, -0.15) is 0 Å². The molecule has 3 N–H and O–H groups in total. The normalized spacial score (nSPS) is 13.8. The number of allylic oxidation sites excluding steroid dienone is 3. The van der Waals surface area contributed by atoms with E-state index in [1.165, 1.54) is 135 Å². The first-order valence-corrected chi connectivity index (χ1v) is 21.4. The van der Waals surface area contributed by atoms with E-state index in [-0.39, 0.29) is 32.3 Å². The van der Waals surface area contributed by atoms with Crippen LogP contribution in [-0.2, 0) is 27.9 Å². The summed E-state index contributed by atoms with van der Waals surface area (Å²) in [5, 5.41) is 0. The number of esters is 1. The standard InChI is InChI=1S/C39H76NO7P/c1-3-5-7-9-11-13-15-17-18-19-21-23-25-27-29-31-34-44-36-38(37-46-48(42,43)45-35-33-40)47-39(41)32-30-28-26-24-22-20-16-14-12-10-8-6-4-2/h13,15,31,34,38H,3-12,14,16-30,32-33,35-37,40H2,1-2H3,(H,42,43). The molecule has 0 aliphatic heterocycles. The monoisotopic (exact) mass is 702 g/mol. The molecule has 0 amide bonds. The molecular weight excluding hydrogens is 625 g/mol. The lowest BCUT2D eigenvalue weighted by molar-refractivity contribution is -0.153. The van der Waals surface area contributed by atoms with E-state index in [1.54, 1.807) is 6.26 Å². The summed E-state index contributed by atoms with van der Waals surface area (Å²) < 4.78 is 33.1. The van der Waals surface area contributed by atoms with E-state index in [1.807, 2.05) is 6.08 Å².